The molecule has 1 amide bonds. The van der Waals surface area contributed by atoms with E-state index in [1.807, 2.05) is 48.5 Å². The molecule has 5 heteroatoms. The Morgan fingerprint density at radius 1 is 1.28 bits per heavy atom. The first-order valence-corrected chi connectivity index (χ1v) is 9.06. The molecule has 4 rings (SSSR count). The summed E-state index contributed by atoms with van der Waals surface area (Å²) in [5.41, 5.74) is 3.04. The monoisotopic (exact) mass is 339 g/mol. The van der Waals surface area contributed by atoms with Gasteiger partial charge in [0.25, 0.3) is 0 Å². The Labute approximate surface area is 148 Å². The van der Waals surface area contributed by atoms with Crippen molar-refractivity contribution in [2.75, 3.05) is 0 Å². The van der Waals surface area contributed by atoms with Gasteiger partial charge >= 0.3 is 6.09 Å². The van der Waals surface area contributed by atoms with Crippen LogP contribution in [0.5, 0.6) is 0 Å². The number of hydrogen-bond donors (Lipinski definition) is 0. The lowest BCUT2D eigenvalue weighted by atomic mass is 9.83. The second-order valence-corrected chi connectivity index (χ2v) is 8.05. The van der Waals surface area contributed by atoms with Gasteiger partial charge in [-0.15, -0.1) is 0 Å². The zero-order chi connectivity index (χ0) is 17.6. The SMILES string of the molecule is CC(C)(C)OC(=O)N1C2C=C(c3ccc4nccn4c3)CC1CCC2. The number of imidazole rings is 1. The lowest BCUT2D eigenvalue weighted by Gasteiger charge is -2.45. The topological polar surface area (TPSA) is 46.8 Å². The molecule has 4 heterocycles. The molecule has 0 spiro atoms. The van der Waals surface area contributed by atoms with Crippen LogP contribution in [0.15, 0.2) is 36.8 Å². The highest BCUT2D eigenvalue weighted by Gasteiger charge is 2.39. The number of rotatable bonds is 1. The number of ether oxygens (including phenoxy) is 1. The van der Waals surface area contributed by atoms with Crippen LogP contribution in [0, 0.1) is 0 Å². The summed E-state index contributed by atoms with van der Waals surface area (Å²) in [7, 11) is 0. The normalized spacial score (nSPS) is 23.5. The molecule has 2 aromatic rings. The van der Waals surface area contributed by atoms with E-state index in [1.54, 1.807) is 0 Å². The van der Waals surface area contributed by atoms with Crippen LogP contribution in [0.2, 0.25) is 0 Å². The molecular weight excluding hydrogens is 314 g/mol. The average Bonchev–Trinajstić information content (AvgIpc) is 2.99. The van der Waals surface area contributed by atoms with Crippen molar-refractivity contribution in [3.63, 3.8) is 0 Å². The van der Waals surface area contributed by atoms with Crippen molar-refractivity contribution in [2.45, 2.75) is 64.1 Å². The Balaban J connectivity index is 1.63. The minimum absolute atomic E-state index is 0.135. The van der Waals surface area contributed by atoms with Gasteiger partial charge in [-0.05, 0) is 69.7 Å². The van der Waals surface area contributed by atoms with Gasteiger partial charge in [0.1, 0.15) is 11.2 Å². The second kappa shape index (κ2) is 5.90. The van der Waals surface area contributed by atoms with Crippen molar-refractivity contribution in [2.24, 2.45) is 0 Å². The highest BCUT2D eigenvalue weighted by molar-refractivity contribution is 5.75. The molecule has 0 aromatic carbocycles. The van der Waals surface area contributed by atoms with Crippen LogP contribution >= 0.6 is 0 Å². The molecule has 2 atom stereocenters. The van der Waals surface area contributed by atoms with Crippen LogP contribution < -0.4 is 0 Å². The predicted molar refractivity (Wildman–Crippen MR) is 97.3 cm³/mol. The highest BCUT2D eigenvalue weighted by atomic mass is 16.6. The van der Waals surface area contributed by atoms with Crippen LogP contribution in [0.1, 0.15) is 52.0 Å². The Bertz CT molecular complexity index is 831. The Morgan fingerprint density at radius 2 is 2.12 bits per heavy atom. The number of aromatic nitrogens is 2. The predicted octanol–water partition coefficient (Wildman–Crippen LogP) is 4.28. The summed E-state index contributed by atoms with van der Waals surface area (Å²) >= 11 is 0. The fourth-order valence-electron chi connectivity index (χ4n) is 3.95. The van der Waals surface area contributed by atoms with Crippen molar-refractivity contribution in [1.29, 1.82) is 0 Å². The minimum atomic E-state index is -0.457. The van der Waals surface area contributed by atoms with Gasteiger partial charge in [0, 0.05) is 24.6 Å². The molecule has 2 aliphatic rings. The van der Waals surface area contributed by atoms with Gasteiger partial charge < -0.3 is 9.14 Å². The number of nitrogens with zero attached hydrogens (tertiary/aromatic N) is 3. The van der Waals surface area contributed by atoms with E-state index in [0.717, 1.165) is 24.9 Å². The highest BCUT2D eigenvalue weighted by Crippen LogP contribution is 2.37. The summed E-state index contributed by atoms with van der Waals surface area (Å²) in [4.78, 5) is 18.9. The first-order chi connectivity index (χ1) is 11.9. The molecule has 2 bridgehead atoms. The number of hydrogen-bond acceptors (Lipinski definition) is 3. The fraction of sp³-hybridized carbons (Fsp3) is 0.500. The van der Waals surface area contributed by atoms with Gasteiger partial charge in [-0.25, -0.2) is 9.78 Å². The van der Waals surface area contributed by atoms with E-state index in [1.165, 1.54) is 17.6 Å². The summed E-state index contributed by atoms with van der Waals surface area (Å²) in [5.74, 6) is 0. The Morgan fingerprint density at radius 3 is 2.88 bits per heavy atom. The zero-order valence-electron chi connectivity index (χ0n) is 15.1. The molecule has 0 N–H and O–H groups in total. The molecule has 2 aromatic heterocycles. The fourth-order valence-corrected chi connectivity index (χ4v) is 3.95. The molecule has 2 aliphatic heterocycles. The van der Waals surface area contributed by atoms with Crippen molar-refractivity contribution in [3.8, 4) is 0 Å². The minimum Gasteiger partial charge on any atom is -0.444 e. The zero-order valence-corrected chi connectivity index (χ0v) is 15.1. The second-order valence-electron chi connectivity index (χ2n) is 8.05. The molecule has 1 saturated heterocycles. The van der Waals surface area contributed by atoms with Crippen LogP contribution in [0.4, 0.5) is 4.79 Å². The number of fused-ring (bicyclic) bond motifs is 3. The molecule has 0 saturated carbocycles. The van der Waals surface area contributed by atoms with Gasteiger partial charge in [-0.1, -0.05) is 6.08 Å². The van der Waals surface area contributed by atoms with Gasteiger partial charge in [-0.2, -0.15) is 0 Å². The first kappa shape index (κ1) is 16.2. The maximum Gasteiger partial charge on any atom is 0.411 e. The van der Waals surface area contributed by atoms with E-state index in [2.05, 4.69) is 23.3 Å². The molecular formula is C20H25N3O2. The molecule has 5 nitrogen and oxygen atoms in total. The van der Waals surface area contributed by atoms with E-state index >= 15 is 0 Å². The number of carbonyl (C=O) groups excluding carboxylic acids is 1. The van der Waals surface area contributed by atoms with Crippen LogP contribution in [-0.4, -0.2) is 38.1 Å². The van der Waals surface area contributed by atoms with Gasteiger partial charge in [0.15, 0.2) is 0 Å². The van der Waals surface area contributed by atoms with E-state index in [0.29, 0.717) is 0 Å². The standard InChI is InChI=1S/C20H25N3O2/c1-20(2,3)25-19(24)23-16-5-4-6-17(23)12-15(11-16)14-7-8-18-21-9-10-22(18)13-14/h7-11,13,16-17H,4-6,12H2,1-3H3. The summed E-state index contributed by atoms with van der Waals surface area (Å²) in [5, 5.41) is 0. The van der Waals surface area contributed by atoms with Crippen LogP contribution in [0.25, 0.3) is 11.2 Å². The van der Waals surface area contributed by atoms with Crippen LogP contribution in [-0.2, 0) is 4.74 Å². The molecule has 1 fully saturated rings. The number of piperidine rings is 1. The largest absolute Gasteiger partial charge is 0.444 e. The maximum absolute atomic E-state index is 12.7. The van der Waals surface area contributed by atoms with E-state index in [9.17, 15) is 4.79 Å². The third-order valence-corrected chi connectivity index (χ3v) is 5.00. The molecule has 0 radical (unpaired) electrons. The van der Waals surface area contributed by atoms with Crippen molar-refractivity contribution < 1.29 is 9.53 Å². The van der Waals surface area contributed by atoms with Crippen molar-refractivity contribution in [1.82, 2.24) is 14.3 Å². The van der Waals surface area contributed by atoms with E-state index in [4.69, 9.17) is 4.74 Å². The van der Waals surface area contributed by atoms with E-state index < -0.39 is 5.60 Å². The summed E-state index contributed by atoms with van der Waals surface area (Å²) in [6.45, 7) is 5.77. The van der Waals surface area contributed by atoms with E-state index in [-0.39, 0.29) is 18.2 Å². The summed E-state index contributed by atoms with van der Waals surface area (Å²) in [6, 6.07) is 4.54. The molecule has 132 valence electrons. The molecule has 0 aliphatic carbocycles. The van der Waals surface area contributed by atoms with Gasteiger partial charge in [-0.3, -0.25) is 4.90 Å². The Hall–Kier alpha value is -2.30. The third-order valence-electron chi connectivity index (χ3n) is 5.00. The molecule has 25 heavy (non-hydrogen) atoms. The summed E-state index contributed by atoms with van der Waals surface area (Å²) in [6.07, 6.45) is 12.1. The lowest BCUT2D eigenvalue weighted by Crippen LogP contribution is -2.53. The lowest BCUT2D eigenvalue weighted by molar-refractivity contribution is 0.0000849. The number of amides is 1. The number of pyridine rings is 1. The Kier molecular flexibility index (Phi) is 3.82. The first-order valence-electron chi connectivity index (χ1n) is 9.06. The van der Waals surface area contributed by atoms with Crippen molar-refractivity contribution in [3.05, 3.63) is 42.4 Å². The quantitative estimate of drug-likeness (QED) is 0.779. The third kappa shape index (κ3) is 3.15. The van der Waals surface area contributed by atoms with Crippen molar-refractivity contribution >= 4 is 17.3 Å². The smallest absolute Gasteiger partial charge is 0.411 e. The number of carbonyl (C=O) groups is 1. The van der Waals surface area contributed by atoms with Crippen LogP contribution in [0.3, 0.4) is 0 Å². The maximum atomic E-state index is 12.7. The molecule has 2 unspecified atom stereocenters. The van der Waals surface area contributed by atoms with Gasteiger partial charge in [0.2, 0.25) is 0 Å². The van der Waals surface area contributed by atoms with Gasteiger partial charge in [0.05, 0.1) is 6.04 Å². The summed E-state index contributed by atoms with van der Waals surface area (Å²) < 4.78 is 7.69. The average molecular weight is 339 g/mol.